The largest absolute Gasteiger partial charge is 0.386 e. The summed E-state index contributed by atoms with van der Waals surface area (Å²) in [5.74, 6) is -1.19. The summed E-state index contributed by atoms with van der Waals surface area (Å²) in [6, 6.07) is 17.4. The molecule has 3 rings (SSSR count). The minimum atomic E-state index is -0.605. The molecule has 19 heavy (non-hydrogen) atoms. The van der Waals surface area contributed by atoms with Gasteiger partial charge in [-0.15, -0.1) is 0 Å². The highest BCUT2D eigenvalue weighted by molar-refractivity contribution is 6.28. The summed E-state index contributed by atoms with van der Waals surface area (Å²) >= 11 is 0. The molecule has 1 aliphatic heterocycles. The van der Waals surface area contributed by atoms with Crippen molar-refractivity contribution in [3.8, 4) is 11.1 Å². The molecule has 2 aromatic carbocycles. The van der Waals surface area contributed by atoms with Crippen LogP contribution in [-0.4, -0.2) is 11.9 Å². The normalized spacial score (nSPS) is 14.2. The van der Waals surface area contributed by atoms with Crippen molar-refractivity contribution in [3.63, 3.8) is 0 Å². The number of hydrogen-bond acceptors (Lipinski definition) is 3. The molecule has 3 nitrogen and oxygen atoms in total. The third kappa shape index (κ3) is 2.18. The minimum absolute atomic E-state index is 0.310. The Morgan fingerprint density at radius 3 is 1.84 bits per heavy atom. The first kappa shape index (κ1) is 11.4. The van der Waals surface area contributed by atoms with Crippen LogP contribution in [0, 0.1) is 0 Å². The third-order valence-corrected chi connectivity index (χ3v) is 2.98. The second-order valence-electron chi connectivity index (χ2n) is 4.21. The van der Waals surface area contributed by atoms with E-state index in [4.69, 9.17) is 0 Å². The number of hydrogen-bond donors (Lipinski definition) is 0. The van der Waals surface area contributed by atoms with Crippen molar-refractivity contribution >= 4 is 17.5 Å². The molecule has 0 aromatic heterocycles. The summed E-state index contributed by atoms with van der Waals surface area (Å²) in [6.45, 7) is 0. The molecule has 0 unspecified atom stereocenters. The number of esters is 2. The maximum absolute atomic E-state index is 11.4. The van der Waals surface area contributed by atoms with Crippen molar-refractivity contribution in [2.45, 2.75) is 0 Å². The van der Waals surface area contributed by atoms with E-state index in [1.807, 2.05) is 54.6 Å². The van der Waals surface area contributed by atoms with Gasteiger partial charge < -0.3 is 4.74 Å². The number of rotatable bonds is 2. The average Bonchev–Trinajstić information content (AvgIpc) is 2.79. The highest BCUT2D eigenvalue weighted by Crippen LogP contribution is 2.25. The Labute approximate surface area is 110 Å². The van der Waals surface area contributed by atoms with Crippen LogP contribution >= 0.6 is 0 Å². The molecular weight excluding hydrogens is 240 g/mol. The first-order chi connectivity index (χ1) is 9.24. The number of ether oxygens (including phenoxy) is 1. The molecule has 0 aliphatic carbocycles. The van der Waals surface area contributed by atoms with Crippen molar-refractivity contribution in [2.75, 3.05) is 0 Å². The molecule has 0 saturated carbocycles. The fourth-order valence-electron chi connectivity index (χ4n) is 2.03. The first-order valence-corrected chi connectivity index (χ1v) is 5.88. The van der Waals surface area contributed by atoms with Crippen LogP contribution in [0.25, 0.3) is 16.7 Å². The summed E-state index contributed by atoms with van der Waals surface area (Å²) < 4.78 is 4.47. The van der Waals surface area contributed by atoms with E-state index in [9.17, 15) is 9.59 Å². The molecule has 92 valence electrons. The summed E-state index contributed by atoms with van der Waals surface area (Å²) in [6.07, 6.45) is 1.22. The van der Waals surface area contributed by atoms with Crippen LogP contribution in [0.5, 0.6) is 0 Å². The quantitative estimate of drug-likeness (QED) is 0.608. The van der Waals surface area contributed by atoms with Gasteiger partial charge in [-0.3, -0.25) is 0 Å². The molecule has 0 saturated heterocycles. The van der Waals surface area contributed by atoms with Crippen LogP contribution < -0.4 is 0 Å². The van der Waals surface area contributed by atoms with Gasteiger partial charge in [0.25, 0.3) is 0 Å². The van der Waals surface area contributed by atoms with Crippen LogP contribution in [0.2, 0.25) is 0 Å². The van der Waals surface area contributed by atoms with Crippen molar-refractivity contribution < 1.29 is 14.3 Å². The van der Waals surface area contributed by atoms with Gasteiger partial charge in [0.1, 0.15) is 0 Å². The predicted molar refractivity (Wildman–Crippen MR) is 71.0 cm³/mol. The Bertz CT molecular complexity index is 667. The fourth-order valence-corrected chi connectivity index (χ4v) is 2.03. The Hall–Kier alpha value is -2.68. The molecule has 0 fully saturated rings. The molecule has 0 amide bonds. The summed E-state index contributed by atoms with van der Waals surface area (Å²) in [5.41, 5.74) is 3.16. The Morgan fingerprint density at radius 1 is 0.684 bits per heavy atom. The van der Waals surface area contributed by atoms with E-state index in [0.29, 0.717) is 11.1 Å². The number of cyclic esters (lactones) is 2. The van der Waals surface area contributed by atoms with E-state index in [1.165, 1.54) is 6.08 Å². The molecule has 2 aromatic rings. The topological polar surface area (TPSA) is 43.4 Å². The second-order valence-corrected chi connectivity index (χ2v) is 4.21. The molecule has 3 heteroatoms. The molecule has 0 bridgehead atoms. The van der Waals surface area contributed by atoms with E-state index in [2.05, 4.69) is 4.74 Å². The molecular formula is C16H10O3. The minimum Gasteiger partial charge on any atom is -0.386 e. The van der Waals surface area contributed by atoms with Crippen LogP contribution in [0.1, 0.15) is 5.56 Å². The monoisotopic (exact) mass is 250 g/mol. The maximum atomic E-state index is 11.4. The standard InChI is InChI=1S/C16H10O3/c17-15-10-14(16(18)19-15)13-8-6-12(7-9-13)11-4-2-1-3-5-11/h1-10H. The van der Waals surface area contributed by atoms with Crippen molar-refractivity contribution in [1.82, 2.24) is 0 Å². The van der Waals surface area contributed by atoms with Gasteiger partial charge in [0.15, 0.2) is 0 Å². The van der Waals surface area contributed by atoms with Crippen LogP contribution in [0.3, 0.4) is 0 Å². The molecule has 0 radical (unpaired) electrons. The lowest BCUT2D eigenvalue weighted by atomic mass is 10.0. The lowest BCUT2D eigenvalue weighted by Crippen LogP contribution is -2.01. The predicted octanol–water partition coefficient (Wildman–Crippen LogP) is 2.82. The van der Waals surface area contributed by atoms with E-state index in [1.54, 1.807) is 0 Å². The second kappa shape index (κ2) is 4.53. The van der Waals surface area contributed by atoms with Gasteiger partial charge in [0.05, 0.1) is 5.57 Å². The average molecular weight is 250 g/mol. The van der Waals surface area contributed by atoms with Gasteiger partial charge in [-0.1, -0.05) is 54.6 Å². The van der Waals surface area contributed by atoms with Gasteiger partial charge in [-0.25, -0.2) is 9.59 Å². The fraction of sp³-hybridized carbons (Fsp3) is 0. The number of carbonyl (C=O) groups excluding carboxylic acids is 2. The molecule has 0 spiro atoms. The molecule has 0 N–H and O–H groups in total. The van der Waals surface area contributed by atoms with E-state index >= 15 is 0 Å². The molecule has 1 aliphatic rings. The summed E-state index contributed by atoms with van der Waals surface area (Å²) in [7, 11) is 0. The van der Waals surface area contributed by atoms with Crippen LogP contribution in [0.4, 0.5) is 0 Å². The van der Waals surface area contributed by atoms with Crippen molar-refractivity contribution in [1.29, 1.82) is 0 Å². The van der Waals surface area contributed by atoms with E-state index in [0.717, 1.165) is 11.1 Å². The van der Waals surface area contributed by atoms with E-state index in [-0.39, 0.29) is 0 Å². The van der Waals surface area contributed by atoms with Gasteiger partial charge >= 0.3 is 11.9 Å². The molecule has 1 heterocycles. The highest BCUT2D eigenvalue weighted by Gasteiger charge is 2.24. The van der Waals surface area contributed by atoms with Crippen LogP contribution in [-0.2, 0) is 14.3 Å². The lowest BCUT2D eigenvalue weighted by molar-refractivity contribution is -0.149. The zero-order valence-corrected chi connectivity index (χ0v) is 10.00. The lowest BCUT2D eigenvalue weighted by Gasteiger charge is -2.03. The summed E-state index contributed by atoms with van der Waals surface area (Å²) in [4.78, 5) is 22.4. The Balaban J connectivity index is 1.94. The van der Waals surface area contributed by atoms with Crippen molar-refractivity contribution in [3.05, 3.63) is 66.2 Å². The first-order valence-electron chi connectivity index (χ1n) is 5.88. The van der Waals surface area contributed by atoms with Gasteiger partial charge in [-0.05, 0) is 16.7 Å². The summed E-state index contributed by atoms with van der Waals surface area (Å²) in [5, 5.41) is 0. The maximum Gasteiger partial charge on any atom is 0.346 e. The third-order valence-electron chi connectivity index (χ3n) is 2.98. The van der Waals surface area contributed by atoms with E-state index < -0.39 is 11.9 Å². The van der Waals surface area contributed by atoms with Gasteiger partial charge in [0.2, 0.25) is 0 Å². The number of carbonyl (C=O) groups is 2. The number of benzene rings is 2. The zero-order valence-electron chi connectivity index (χ0n) is 10.00. The van der Waals surface area contributed by atoms with Crippen molar-refractivity contribution in [2.24, 2.45) is 0 Å². The van der Waals surface area contributed by atoms with Gasteiger partial charge in [0, 0.05) is 6.08 Å². The molecule has 0 atom stereocenters. The van der Waals surface area contributed by atoms with Gasteiger partial charge in [-0.2, -0.15) is 0 Å². The smallest absolute Gasteiger partial charge is 0.346 e. The highest BCUT2D eigenvalue weighted by atomic mass is 16.6. The zero-order chi connectivity index (χ0) is 13.2. The Morgan fingerprint density at radius 2 is 1.26 bits per heavy atom. The SMILES string of the molecule is O=C1C=C(c2ccc(-c3ccccc3)cc2)C(=O)O1. The van der Waals surface area contributed by atoms with Crippen LogP contribution in [0.15, 0.2) is 60.7 Å². The Kier molecular flexibility index (Phi) is 2.72.